The van der Waals surface area contributed by atoms with Crippen LogP contribution in [0.4, 0.5) is 0 Å². The van der Waals surface area contributed by atoms with Crippen molar-refractivity contribution >= 4 is 6.21 Å². The minimum atomic E-state index is -1.04. The standard InChI is InChI=1S/C30H33NO5/c1-2-3-19-27(32)29(35-22-25-15-9-5-10-16-25)30(36-23-26-17-11-6-12-18-26)28(20-31-33)34-21-24-13-7-4-8-14-24/h2-20,27-30,32-33H,1,21-23H2/b19-3-,31-20?/t27-,28+,29-,30-/m1/s1. The third-order valence-corrected chi connectivity index (χ3v) is 5.50. The fourth-order valence-electron chi connectivity index (χ4n) is 3.65. The van der Waals surface area contributed by atoms with Gasteiger partial charge in [-0.3, -0.25) is 0 Å². The van der Waals surface area contributed by atoms with E-state index in [2.05, 4.69) is 11.7 Å². The summed E-state index contributed by atoms with van der Waals surface area (Å²) in [6.07, 6.45) is 2.58. The monoisotopic (exact) mass is 487 g/mol. The number of ether oxygens (including phenoxy) is 3. The van der Waals surface area contributed by atoms with Crippen molar-refractivity contribution in [2.75, 3.05) is 0 Å². The van der Waals surface area contributed by atoms with Crippen LogP contribution in [-0.2, 0) is 34.0 Å². The highest BCUT2D eigenvalue weighted by Gasteiger charge is 2.36. The lowest BCUT2D eigenvalue weighted by molar-refractivity contribution is -0.156. The molecule has 0 aliphatic rings. The van der Waals surface area contributed by atoms with Crippen LogP contribution in [0.1, 0.15) is 16.7 Å². The molecule has 6 nitrogen and oxygen atoms in total. The Balaban J connectivity index is 1.89. The number of rotatable bonds is 15. The summed E-state index contributed by atoms with van der Waals surface area (Å²) in [5, 5.41) is 23.8. The Morgan fingerprint density at radius 2 is 1.14 bits per heavy atom. The Morgan fingerprint density at radius 1 is 0.694 bits per heavy atom. The highest BCUT2D eigenvalue weighted by atomic mass is 16.6. The molecule has 0 amide bonds. The predicted molar refractivity (Wildman–Crippen MR) is 141 cm³/mol. The van der Waals surface area contributed by atoms with Gasteiger partial charge in [0.05, 0.1) is 26.0 Å². The van der Waals surface area contributed by atoms with Gasteiger partial charge in [-0.2, -0.15) is 0 Å². The number of allylic oxidation sites excluding steroid dienone is 2. The summed E-state index contributed by atoms with van der Waals surface area (Å²) in [5.41, 5.74) is 2.84. The molecule has 0 saturated heterocycles. The zero-order chi connectivity index (χ0) is 25.4. The van der Waals surface area contributed by atoms with E-state index in [0.29, 0.717) is 0 Å². The second kappa shape index (κ2) is 15.4. The number of oxime groups is 1. The molecule has 0 radical (unpaired) electrons. The number of aliphatic hydroxyl groups is 1. The molecule has 188 valence electrons. The molecule has 0 spiro atoms. The average molecular weight is 488 g/mol. The number of aliphatic hydroxyl groups excluding tert-OH is 1. The second-order valence-corrected chi connectivity index (χ2v) is 8.16. The zero-order valence-electron chi connectivity index (χ0n) is 20.2. The third-order valence-electron chi connectivity index (χ3n) is 5.50. The molecule has 0 aliphatic heterocycles. The molecular weight excluding hydrogens is 454 g/mol. The van der Waals surface area contributed by atoms with E-state index in [1.807, 2.05) is 91.0 Å². The molecule has 3 rings (SSSR count). The predicted octanol–water partition coefficient (Wildman–Crippen LogP) is 5.31. The summed E-state index contributed by atoms with van der Waals surface area (Å²) < 4.78 is 18.7. The fourth-order valence-corrected chi connectivity index (χ4v) is 3.65. The topological polar surface area (TPSA) is 80.5 Å². The lowest BCUT2D eigenvalue weighted by Crippen LogP contribution is -2.48. The van der Waals surface area contributed by atoms with Gasteiger partial charge in [-0.15, -0.1) is 0 Å². The van der Waals surface area contributed by atoms with Gasteiger partial charge in [0.25, 0.3) is 0 Å². The Labute approximate surface area is 212 Å². The van der Waals surface area contributed by atoms with Gasteiger partial charge in [0.2, 0.25) is 0 Å². The molecule has 4 atom stereocenters. The van der Waals surface area contributed by atoms with Crippen molar-refractivity contribution in [1.29, 1.82) is 0 Å². The summed E-state index contributed by atoms with van der Waals surface area (Å²) in [4.78, 5) is 0. The molecule has 0 saturated carbocycles. The van der Waals surface area contributed by atoms with E-state index in [9.17, 15) is 10.3 Å². The van der Waals surface area contributed by atoms with E-state index < -0.39 is 24.4 Å². The Hall–Kier alpha value is -3.55. The normalized spacial score (nSPS) is 15.0. The highest BCUT2D eigenvalue weighted by Crippen LogP contribution is 2.21. The zero-order valence-corrected chi connectivity index (χ0v) is 20.2. The van der Waals surface area contributed by atoms with Crippen LogP contribution >= 0.6 is 0 Å². The van der Waals surface area contributed by atoms with Crippen LogP contribution in [0.25, 0.3) is 0 Å². The second-order valence-electron chi connectivity index (χ2n) is 8.16. The van der Waals surface area contributed by atoms with Crippen LogP contribution < -0.4 is 0 Å². The molecule has 0 fully saturated rings. The molecule has 0 unspecified atom stereocenters. The Morgan fingerprint density at radius 3 is 1.58 bits per heavy atom. The van der Waals surface area contributed by atoms with Crippen LogP contribution in [0.3, 0.4) is 0 Å². The highest BCUT2D eigenvalue weighted by molar-refractivity contribution is 5.63. The van der Waals surface area contributed by atoms with Crippen molar-refractivity contribution < 1.29 is 24.5 Å². The number of benzene rings is 3. The van der Waals surface area contributed by atoms with Gasteiger partial charge in [-0.25, -0.2) is 0 Å². The van der Waals surface area contributed by atoms with Crippen molar-refractivity contribution in [3.63, 3.8) is 0 Å². The van der Waals surface area contributed by atoms with Gasteiger partial charge in [0.15, 0.2) is 0 Å². The first-order chi connectivity index (χ1) is 17.7. The molecule has 36 heavy (non-hydrogen) atoms. The SMILES string of the molecule is C=C/C=C\[C@@H](O)[C@@H](OCc1ccccc1)[C@H](OCc1ccccc1)[C@H](C=NO)OCc1ccccc1. The molecule has 0 heterocycles. The Kier molecular flexibility index (Phi) is 11.6. The Bertz CT molecular complexity index is 1060. The van der Waals surface area contributed by atoms with E-state index in [1.165, 1.54) is 6.21 Å². The van der Waals surface area contributed by atoms with Crippen molar-refractivity contribution in [1.82, 2.24) is 0 Å². The first-order valence-corrected chi connectivity index (χ1v) is 11.8. The molecule has 0 aliphatic carbocycles. The molecule has 2 N–H and O–H groups in total. The molecule has 6 heteroatoms. The maximum atomic E-state index is 11.1. The molecular formula is C30H33NO5. The van der Waals surface area contributed by atoms with Crippen LogP contribution in [0, 0.1) is 0 Å². The van der Waals surface area contributed by atoms with Crippen LogP contribution in [0.15, 0.2) is 121 Å². The van der Waals surface area contributed by atoms with E-state index in [0.717, 1.165) is 16.7 Å². The minimum absolute atomic E-state index is 0.247. The lowest BCUT2D eigenvalue weighted by Gasteiger charge is -2.33. The average Bonchev–Trinajstić information content (AvgIpc) is 2.93. The summed E-state index contributed by atoms with van der Waals surface area (Å²) in [5.74, 6) is 0. The van der Waals surface area contributed by atoms with Crippen LogP contribution in [-0.4, -0.2) is 40.9 Å². The summed E-state index contributed by atoms with van der Waals surface area (Å²) in [7, 11) is 0. The largest absolute Gasteiger partial charge is 0.411 e. The summed E-state index contributed by atoms with van der Waals surface area (Å²) in [6.45, 7) is 4.44. The van der Waals surface area contributed by atoms with Gasteiger partial charge in [-0.05, 0) is 16.7 Å². The van der Waals surface area contributed by atoms with Gasteiger partial charge in [0.1, 0.15) is 24.4 Å². The quantitative estimate of drug-likeness (QED) is 0.132. The van der Waals surface area contributed by atoms with Crippen LogP contribution in [0.5, 0.6) is 0 Å². The van der Waals surface area contributed by atoms with E-state index in [-0.39, 0.29) is 19.8 Å². The lowest BCUT2D eigenvalue weighted by atomic mass is 10.0. The van der Waals surface area contributed by atoms with E-state index >= 15 is 0 Å². The summed E-state index contributed by atoms with van der Waals surface area (Å²) >= 11 is 0. The minimum Gasteiger partial charge on any atom is -0.411 e. The van der Waals surface area contributed by atoms with Crippen LogP contribution in [0.2, 0.25) is 0 Å². The molecule has 3 aromatic rings. The maximum Gasteiger partial charge on any atom is 0.125 e. The first-order valence-electron chi connectivity index (χ1n) is 11.8. The maximum absolute atomic E-state index is 11.1. The van der Waals surface area contributed by atoms with E-state index in [4.69, 9.17) is 14.2 Å². The van der Waals surface area contributed by atoms with Gasteiger partial charge in [0, 0.05) is 0 Å². The fraction of sp³-hybridized carbons (Fsp3) is 0.233. The van der Waals surface area contributed by atoms with Crippen molar-refractivity contribution in [2.24, 2.45) is 5.16 Å². The first kappa shape index (κ1) is 27.0. The van der Waals surface area contributed by atoms with Gasteiger partial charge in [-0.1, -0.05) is 121 Å². The molecule has 3 aromatic carbocycles. The number of hydrogen-bond acceptors (Lipinski definition) is 6. The molecule has 0 bridgehead atoms. The number of hydrogen-bond donors (Lipinski definition) is 2. The smallest absolute Gasteiger partial charge is 0.125 e. The third kappa shape index (κ3) is 8.91. The van der Waals surface area contributed by atoms with Crippen molar-refractivity contribution in [3.8, 4) is 0 Å². The molecule has 0 aromatic heterocycles. The van der Waals surface area contributed by atoms with Crippen molar-refractivity contribution in [2.45, 2.75) is 44.2 Å². The summed E-state index contributed by atoms with van der Waals surface area (Å²) in [6, 6.07) is 29.0. The van der Waals surface area contributed by atoms with E-state index in [1.54, 1.807) is 18.2 Å². The van der Waals surface area contributed by atoms with Crippen molar-refractivity contribution in [3.05, 3.63) is 132 Å². The van der Waals surface area contributed by atoms with Gasteiger partial charge < -0.3 is 24.5 Å². The number of nitrogens with zero attached hydrogens (tertiary/aromatic N) is 1. The van der Waals surface area contributed by atoms with Gasteiger partial charge >= 0.3 is 0 Å².